The van der Waals surface area contributed by atoms with Crippen LogP contribution in [-0.2, 0) is 11.3 Å². The molecule has 3 unspecified atom stereocenters. The third-order valence-electron chi connectivity index (χ3n) is 3.35. The Kier molecular flexibility index (Phi) is 3.61. The summed E-state index contributed by atoms with van der Waals surface area (Å²) in [6.07, 6.45) is 5.61. The number of ether oxygens (including phenoxy) is 1. The lowest BCUT2D eigenvalue weighted by Gasteiger charge is -2.20. The van der Waals surface area contributed by atoms with Crippen LogP contribution in [0.2, 0.25) is 0 Å². The molecule has 0 bridgehead atoms. The van der Waals surface area contributed by atoms with Crippen LogP contribution < -0.4 is 5.32 Å². The van der Waals surface area contributed by atoms with Gasteiger partial charge in [-0.05, 0) is 27.3 Å². The number of rotatable bonds is 4. The Morgan fingerprint density at radius 2 is 2.50 bits per heavy atom. The van der Waals surface area contributed by atoms with Crippen LogP contribution in [0.4, 0.5) is 0 Å². The van der Waals surface area contributed by atoms with Gasteiger partial charge in [0.1, 0.15) is 0 Å². The second-order valence-electron chi connectivity index (χ2n) is 4.54. The molecule has 3 atom stereocenters. The van der Waals surface area contributed by atoms with E-state index < -0.39 is 0 Å². The molecular weight excluding hydrogens is 202 g/mol. The molecule has 0 amide bonds. The molecule has 16 heavy (non-hydrogen) atoms. The molecule has 0 aromatic carbocycles. The van der Waals surface area contributed by atoms with Crippen LogP contribution in [0.1, 0.15) is 31.9 Å². The SMILES string of the molecule is CCn1cc(C(NC)C2COC(C)C2)cn1. The van der Waals surface area contributed by atoms with Crippen molar-refractivity contribution in [3.63, 3.8) is 0 Å². The monoisotopic (exact) mass is 223 g/mol. The van der Waals surface area contributed by atoms with Crippen molar-refractivity contribution in [3.8, 4) is 0 Å². The molecule has 0 radical (unpaired) electrons. The highest BCUT2D eigenvalue weighted by molar-refractivity contribution is 5.12. The molecule has 1 fully saturated rings. The number of nitrogens with zero attached hydrogens (tertiary/aromatic N) is 2. The highest BCUT2D eigenvalue weighted by atomic mass is 16.5. The first-order chi connectivity index (χ1) is 7.74. The average Bonchev–Trinajstić information content (AvgIpc) is 2.89. The van der Waals surface area contributed by atoms with Gasteiger partial charge in [0.05, 0.1) is 18.9 Å². The maximum atomic E-state index is 5.64. The largest absolute Gasteiger partial charge is 0.378 e. The van der Waals surface area contributed by atoms with Gasteiger partial charge in [-0.1, -0.05) is 0 Å². The topological polar surface area (TPSA) is 39.1 Å². The van der Waals surface area contributed by atoms with Gasteiger partial charge >= 0.3 is 0 Å². The van der Waals surface area contributed by atoms with Gasteiger partial charge in [0.25, 0.3) is 0 Å². The molecule has 2 rings (SSSR count). The average molecular weight is 223 g/mol. The molecule has 1 aromatic rings. The van der Waals surface area contributed by atoms with Crippen LogP contribution in [0.15, 0.2) is 12.4 Å². The second kappa shape index (κ2) is 4.97. The summed E-state index contributed by atoms with van der Waals surface area (Å²) >= 11 is 0. The second-order valence-corrected chi connectivity index (χ2v) is 4.54. The summed E-state index contributed by atoms with van der Waals surface area (Å²) in [6, 6.07) is 0.366. The fourth-order valence-electron chi connectivity index (χ4n) is 2.47. The van der Waals surface area contributed by atoms with Crippen LogP contribution in [0.5, 0.6) is 0 Å². The van der Waals surface area contributed by atoms with E-state index in [1.54, 1.807) is 0 Å². The number of hydrogen-bond donors (Lipinski definition) is 1. The molecule has 0 saturated carbocycles. The smallest absolute Gasteiger partial charge is 0.0551 e. The number of nitrogens with one attached hydrogen (secondary N) is 1. The summed E-state index contributed by atoms with van der Waals surface area (Å²) in [5.74, 6) is 0.564. The molecule has 1 saturated heterocycles. The molecule has 1 N–H and O–H groups in total. The standard InChI is InChI=1S/C12H21N3O/c1-4-15-7-11(6-14-15)12(13-3)10-5-9(2)16-8-10/h6-7,9-10,12-13H,4-5,8H2,1-3H3. The van der Waals surface area contributed by atoms with E-state index in [0.29, 0.717) is 18.1 Å². The Balaban J connectivity index is 2.09. The predicted octanol–water partition coefficient (Wildman–Crippen LogP) is 1.59. The van der Waals surface area contributed by atoms with Crippen molar-refractivity contribution < 1.29 is 4.74 Å². The molecular formula is C12H21N3O. The molecule has 0 aliphatic carbocycles. The molecule has 4 nitrogen and oxygen atoms in total. The van der Waals surface area contributed by atoms with Crippen LogP contribution in [-0.4, -0.2) is 29.5 Å². The molecule has 2 heterocycles. The van der Waals surface area contributed by atoms with Crippen LogP contribution in [0.3, 0.4) is 0 Å². The normalized spacial score (nSPS) is 27.2. The van der Waals surface area contributed by atoms with Gasteiger partial charge < -0.3 is 10.1 Å². The molecule has 4 heteroatoms. The zero-order chi connectivity index (χ0) is 11.5. The number of aryl methyl sites for hydroxylation is 1. The zero-order valence-corrected chi connectivity index (χ0v) is 10.3. The summed E-state index contributed by atoms with van der Waals surface area (Å²) in [4.78, 5) is 0. The minimum absolute atomic E-state index is 0.366. The van der Waals surface area contributed by atoms with Gasteiger partial charge in [0.15, 0.2) is 0 Å². The molecule has 0 spiro atoms. The van der Waals surface area contributed by atoms with E-state index in [4.69, 9.17) is 4.74 Å². The Morgan fingerprint density at radius 3 is 3.00 bits per heavy atom. The number of aromatic nitrogens is 2. The minimum atomic E-state index is 0.366. The van der Waals surface area contributed by atoms with Crippen LogP contribution in [0.25, 0.3) is 0 Å². The van der Waals surface area contributed by atoms with E-state index in [0.717, 1.165) is 19.6 Å². The summed E-state index contributed by atoms with van der Waals surface area (Å²) < 4.78 is 7.61. The predicted molar refractivity (Wildman–Crippen MR) is 63.2 cm³/mol. The first kappa shape index (κ1) is 11.6. The fourth-order valence-corrected chi connectivity index (χ4v) is 2.47. The third kappa shape index (κ3) is 2.28. The van der Waals surface area contributed by atoms with E-state index in [9.17, 15) is 0 Å². The van der Waals surface area contributed by atoms with E-state index in [1.807, 2.05) is 17.9 Å². The Morgan fingerprint density at radius 1 is 1.69 bits per heavy atom. The van der Waals surface area contributed by atoms with E-state index >= 15 is 0 Å². The van der Waals surface area contributed by atoms with Crippen LogP contribution >= 0.6 is 0 Å². The first-order valence-electron chi connectivity index (χ1n) is 6.05. The van der Waals surface area contributed by atoms with Gasteiger partial charge in [0.2, 0.25) is 0 Å². The highest BCUT2D eigenvalue weighted by Gasteiger charge is 2.30. The Labute approximate surface area is 97.0 Å². The van der Waals surface area contributed by atoms with Gasteiger partial charge in [0, 0.05) is 30.3 Å². The molecule has 1 aliphatic heterocycles. The Bertz CT molecular complexity index is 337. The van der Waals surface area contributed by atoms with Gasteiger partial charge in [-0.3, -0.25) is 4.68 Å². The fraction of sp³-hybridized carbons (Fsp3) is 0.750. The van der Waals surface area contributed by atoms with Crippen molar-refractivity contribution >= 4 is 0 Å². The summed E-state index contributed by atoms with van der Waals surface area (Å²) in [5, 5.41) is 7.71. The van der Waals surface area contributed by atoms with E-state index in [1.165, 1.54) is 5.56 Å². The first-order valence-corrected chi connectivity index (χ1v) is 6.05. The van der Waals surface area contributed by atoms with Gasteiger partial charge in [-0.25, -0.2) is 0 Å². The van der Waals surface area contributed by atoms with Gasteiger partial charge in [-0.15, -0.1) is 0 Å². The van der Waals surface area contributed by atoms with Crippen molar-refractivity contribution in [1.82, 2.24) is 15.1 Å². The third-order valence-corrected chi connectivity index (χ3v) is 3.35. The van der Waals surface area contributed by atoms with Crippen LogP contribution in [0, 0.1) is 5.92 Å². The minimum Gasteiger partial charge on any atom is -0.378 e. The van der Waals surface area contributed by atoms with Crippen molar-refractivity contribution in [1.29, 1.82) is 0 Å². The lowest BCUT2D eigenvalue weighted by Crippen LogP contribution is -2.25. The highest BCUT2D eigenvalue weighted by Crippen LogP contribution is 2.31. The lowest BCUT2D eigenvalue weighted by molar-refractivity contribution is 0.117. The van der Waals surface area contributed by atoms with Crippen molar-refractivity contribution in [2.45, 2.75) is 39.0 Å². The van der Waals surface area contributed by atoms with Crippen molar-refractivity contribution in [3.05, 3.63) is 18.0 Å². The number of hydrogen-bond acceptors (Lipinski definition) is 3. The lowest BCUT2D eigenvalue weighted by atomic mass is 9.93. The Hall–Kier alpha value is -0.870. The molecule has 90 valence electrons. The molecule has 1 aromatic heterocycles. The van der Waals surface area contributed by atoms with E-state index in [2.05, 4.69) is 30.5 Å². The zero-order valence-electron chi connectivity index (χ0n) is 10.3. The summed E-state index contributed by atoms with van der Waals surface area (Å²) in [6.45, 7) is 6.02. The maximum absolute atomic E-state index is 5.64. The van der Waals surface area contributed by atoms with Crippen molar-refractivity contribution in [2.75, 3.05) is 13.7 Å². The van der Waals surface area contributed by atoms with Crippen molar-refractivity contribution in [2.24, 2.45) is 5.92 Å². The van der Waals surface area contributed by atoms with Gasteiger partial charge in [-0.2, -0.15) is 5.10 Å². The molecule has 1 aliphatic rings. The summed E-state index contributed by atoms with van der Waals surface area (Å²) in [7, 11) is 2.01. The van der Waals surface area contributed by atoms with E-state index in [-0.39, 0.29) is 0 Å². The summed E-state index contributed by atoms with van der Waals surface area (Å²) in [5.41, 5.74) is 1.27. The maximum Gasteiger partial charge on any atom is 0.0551 e. The quantitative estimate of drug-likeness (QED) is 0.842.